The number of ether oxygens (including phenoxy) is 2. The first-order valence-electron chi connectivity index (χ1n) is 17.9. The fourth-order valence-electron chi connectivity index (χ4n) is 7.24. The van der Waals surface area contributed by atoms with Crippen LogP contribution in [0.2, 0.25) is 0 Å². The van der Waals surface area contributed by atoms with Crippen LogP contribution < -0.4 is 15.4 Å². The molecule has 1 unspecified atom stereocenters. The summed E-state index contributed by atoms with van der Waals surface area (Å²) in [5, 5.41) is 4.72. The van der Waals surface area contributed by atoms with E-state index in [1.807, 2.05) is 24.3 Å². The van der Waals surface area contributed by atoms with Crippen LogP contribution in [0.4, 0.5) is 9.59 Å². The van der Waals surface area contributed by atoms with Crippen LogP contribution >= 0.6 is 11.6 Å². The fraction of sp³-hybridized carbons (Fsp3) is 0.686. The fourth-order valence-corrected chi connectivity index (χ4v) is 8.86. The van der Waals surface area contributed by atoms with E-state index in [0.29, 0.717) is 45.2 Å². The first-order valence-corrected chi connectivity index (χ1v) is 19.9. The molecular weight excluding hydrogens is 702 g/mol. The molecule has 1 saturated heterocycles. The topological polar surface area (TPSA) is 181 Å². The van der Waals surface area contributed by atoms with Gasteiger partial charge in [0.2, 0.25) is 21.8 Å². The van der Waals surface area contributed by atoms with Gasteiger partial charge in [-0.1, -0.05) is 37.1 Å². The Balaban J connectivity index is 1.24. The summed E-state index contributed by atoms with van der Waals surface area (Å²) in [4.78, 5) is 71.2. The minimum Gasteiger partial charge on any atom is -0.444 e. The van der Waals surface area contributed by atoms with Crippen molar-refractivity contribution in [1.82, 2.24) is 25.2 Å². The normalized spacial score (nSPS) is 32.0. The summed E-state index contributed by atoms with van der Waals surface area (Å²) in [5.41, 5.74) is -0.281. The molecule has 3 fully saturated rings. The molecule has 6 rings (SSSR count). The number of carbonyl (C=O) groups is 5. The van der Waals surface area contributed by atoms with Gasteiger partial charge in [0.25, 0.3) is 5.91 Å². The van der Waals surface area contributed by atoms with Gasteiger partial charge in [-0.3, -0.25) is 24.0 Å². The van der Waals surface area contributed by atoms with Gasteiger partial charge in [0.1, 0.15) is 29.3 Å². The zero-order valence-electron chi connectivity index (χ0n) is 29.3. The van der Waals surface area contributed by atoms with Crippen molar-refractivity contribution >= 4 is 51.5 Å². The number of fused-ring (bicyclic) bond motifs is 2. The number of alkyl carbamates (subject to hydrolysis) is 1. The summed E-state index contributed by atoms with van der Waals surface area (Å²) in [6.07, 6.45) is 10.1. The van der Waals surface area contributed by atoms with Gasteiger partial charge < -0.3 is 25.0 Å². The Hall–Kier alpha value is -3.59. The molecule has 3 N–H and O–H groups in total. The van der Waals surface area contributed by atoms with Crippen molar-refractivity contribution in [3.8, 4) is 0 Å². The van der Waals surface area contributed by atoms with E-state index >= 15 is 0 Å². The smallest absolute Gasteiger partial charge is 0.410 e. The molecule has 0 spiro atoms. The third-order valence-corrected chi connectivity index (χ3v) is 12.3. The van der Waals surface area contributed by atoms with E-state index in [1.165, 1.54) is 4.90 Å². The Morgan fingerprint density at radius 1 is 1.06 bits per heavy atom. The Morgan fingerprint density at radius 2 is 1.82 bits per heavy atom. The van der Waals surface area contributed by atoms with E-state index < -0.39 is 80.4 Å². The predicted molar refractivity (Wildman–Crippen MR) is 187 cm³/mol. The highest BCUT2D eigenvalue weighted by Crippen LogP contribution is 2.46. The molecule has 280 valence electrons. The van der Waals surface area contributed by atoms with Gasteiger partial charge in [-0.25, -0.2) is 18.0 Å². The third kappa shape index (κ3) is 8.73. The van der Waals surface area contributed by atoms with Crippen LogP contribution in [0.3, 0.4) is 0 Å². The number of nitrogens with one attached hydrogen (secondary N) is 3. The monoisotopic (exact) mass is 749 g/mol. The lowest BCUT2D eigenvalue weighted by molar-refractivity contribution is -0.141. The highest BCUT2D eigenvalue weighted by Gasteiger charge is 2.62. The molecule has 5 amide bonds. The SMILES string of the molecule is CC(C)(C)OC(=O)N[C@H]1CCCCC/C=C/[C@@H]2C[C@@]2(C(=O)NS(=O)(=O)C2CC2)NC(=O)[C@@H]2C[C@@H](OC(=O)N3CC4=C(CC(Cl)C=C4)C3)CN2C1=O. The molecule has 3 aliphatic heterocycles. The largest absolute Gasteiger partial charge is 0.444 e. The molecular formula is C35H48ClN5O9S. The summed E-state index contributed by atoms with van der Waals surface area (Å²) in [7, 11) is -3.90. The van der Waals surface area contributed by atoms with Crippen LogP contribution in [0.15, 0.2) is 35.5 Å². The summed E-state index contributed by atoms with van der Waals surface area (Å²) < 4.78 is 39.0. The predicted octanol–water partition coefficient (Wildman–Crippen LogP) is 3.17. The standard InChI is InChI=1S/C35H48ClN5O9S/c1-34(2,3)50-32(45)37-27-10-8-6-4-5-7-9-23-17-35(23,31(44)39-51(47,48)26-13-14-26)38-29(42)28-16-25(20-41(28)30(27)43)49-33(46)40-18-21-11-12-24(36)15-22(21)19-40/h7,9,11-12,23-28H,4-6,8,10,13-20H2,1-3H3,(H,37,45)(H,38,42)(H,39,44)/b9-7+/t23-,24?,25-,27+,28+,35-/m1/s1. The number of halogens is 1. The maximum atomic E-state index is 14.3. The molecule has 14 nitrogen and oxygen atoms in total. The van der Waals surface area contributed by atoms with Crippen molar-refractivity contribution in [3.05, 3.63) is 35.5 Å². The molecule has 16 heteroatoms. The Labute approximate surface area is 303 Å². The summed E-state index contributed by atoms with van der Waals surface area (Å²) >= 11 is 6.28. The number of hydrogen-bond donors (Lipinski definition) is 3. The van der Waals surface area contributed by atoms with Crippen LogP contribution in [0.1, 0.15) is 85.0 Å². The number of rotatable bonds is 5. The quantitative estimate of drug-likeness (QED) is 0.281. The zero-order chi connectivity index (χ0) is 36.7. The minimum atomic E-state index is -3.90. The summed E-state index contributed by atoms with van der Waals surface area (Å²) in [6, 6.07) is -2.21. The van der Waals surface area contributed by atoms with Crippen molar-refractivity contribution < 1.29 is 41.9 Å². The van der Waals surface area contributed by atoms with Crippen molar-refractivity contribution in [2.45, 2.75) is 125 Å². The number of nitrogens with zero attached hydrogens (tertiary/aromatic N) is 2. The molecule has 0 aromatic carbocycles. The molecule has 0 bridgehead atoms. The first-order chi connectivity index (χ1) is 24.0. The maximum Gasteiger partial charge on any atom is 0.410 e. The molecule has 6 aliphatic rings. The summed E-state index contributed by atoms with van der Waals surface area (Å²) in [5.74, 6) is -2.49. The van der Waals surface area contributed by atoms with Gasteiger partial charge >= 0.3 is 12.2 Å². The minimum absolute atomic E-state index is 0.0638. The van der Waals surface area contributed by atoms with E-state index in [-0.39, 0.29) is 31.2 Å². The highest BCUT2D eigenvalue weighted by molar-refractivity contribution is 7.91. The van der Waals surface area contributed by atoms with E-state index in [9.17, 15) is 32.4 Å². The van der Waals surface area contributed by atoms with Crippen LogP contribution in [0.25, 0.3) is 0 Å². The Morgan fingerprint density at radius 3 is 2.55 bits per heavy atom. The van der Waals surface area contributed by atoms with E-state index in [2.05, 4.69) is 15.4 Å². The van der Waals surface area contributed by atoms with Crippen molar-refractivity contribution in [1.29, 1.82) is 0 Å². The zero-order valence-corrected chi connectivity index (χ0v) is 30.9. The number of amides is 5. The number of sulfonamides is 1. The molecule has 3 heterocycles. The average molecular weight is 750 g/mol. The van der Waals surface area contributed by atoms with Crippen molar-refractivity contribution in [2.75, 3.05) is 19.6 Å². The molecule has 0 aromatic heterocycles. The first kappa shape index (κ1) is 37.2. The molecule has 0 radical (unpaired) electrons. The Kier molecular flexibility index (Phi) is 10.5. The van der Waals surface area contributed by atoms with E-state index in [4.69, 9.17) is 21.1 Å². The van der Waals surface area contributed by atoms with Crippen LogP contribution in [0, 0.1) is 5.92 Å². The number of allylic oxidation sites excluding steroid dienone is 2. The van der Waals surface area contributed by atoms with E-state index in [0.717, 1.165) is 24.0 Å². The van der Waals surface area contributed by atoms with Gasteiger partial charge in [-0.15, -0.1) is 11.6 Å². The average Bonchev–Trinajstić information content (AvgIpc) is 3.93. The lowest BCUT2D eigenvalue weighted by Gasteiger charge is -2.30. The van der Waals surface area contributed by atoms with Crippen molar-refractivity contribution in [3.63, 3.8) is 0 Å². The molecule has 0 aromatic rings. The molecule has 6 atom stereocenters. The molecule has 2 saturated carbocycles. The summed E-state index contributed by atoms with van der Waals surface area (Å²) in [6.45, 7) is 5.72. The van der Waals surface area contributed by atoms with Crippen LogP contribution in [0.5, 0.6) is 0 Å². The number of alkyl halides is 1. The van der Waals surface area contributed by atoms with Crippen molar-refractivity contribution in [2.24, 2.45) is 5.92 Å². The van der Waals surface area contributed by atoms with Crippen LogP contribution in [-0.4, -0.2) is 108 Å². The van der Waals surface area contributed by atoms with Gasteiger partial charge in [0, 0.05) is 25.4 Å². The van der Waals surface area contributed by atoms with Crippen LogP contribution in [-0.2, 0) is 33.9 Å². The molecule has 51 heavy (non-hydrogen) atoms. The van der Waals surface area contributed by atoms with Gasteiger partial charge in [0.05, 0.1) is 17.2 Å². The maximum absolute atomic E-state index is 14.3. The van der Waals surface area contributed by atoms with E-state index in [1.54, 1.807) is 25.7 Å². The number of carbonyl (C=O) groups excluding carboxylic acids is 5. The second kappa shape index (κ2) is 14.4. The lowest BCUT2D eigenvalue weighted by Crippen LogP contribution is -2.58. The van der Waals surface area contributed by atoms with Gasteiger partial charge in [-0.2, -0.15) is 0 Å². The number of hydrogen-bond acceptors (Lipinski definition) is 9. The van der Waals surface area contributed by atoms with Gasteiger partial charge in [0.15, 0.2) is 0 Å². The second-order valence-corrected chi connectivity index (χ2v) is 18.0. The van der Waals surface area contributed by atoms with Gasteiger partial charge in [-0.05, 0) is 76.9 Å². The highest BCUT2D eigenvalue weighted by atomic mass is 35.5. The second-order valence-electron chi connectivity index (χ2n) is 15.5. The third-order valence-electron chi connectivity index (χ3n) is 10.2. The molecule has 3 aliphatic carbocycles. The lowest BCUT2D eigenvalue weighted by atomic mass is 10.0. The Bertz CT molecular complexity index is 1650.